The average Bonchev–Trinajstić information content (AvgIpc) is 2.70. The molecular formula is C20H23FN2O4. The number of benzene rings is 2. The molecule has 0 aromatic heterocycles. The summed E-state index contributed by atoms with van der Waals surface area (Å²) in [4.78, 5) is 14.6. The smallest absolute Gasteiger partial charge is 0.255 e. The van der Waals surface area contributed by atoms with Crippen LogP contribution in [0.5, 0.6) is 5.75 Å². The molecule has 0 aliphatic carbocycles. The number of carbonyl (C=O) groups is 1. The number of anilines is 2. The van der Waals surface area contributed by atoms with E-state index in [1.165, 1.54) is 12.1 Å². The molecule has 27 heavy (non-hydrogen) atoms. The molecule has 1 fully saturated rings. The van der Waals surface area contributed by atoms with Gasteiger partial charge in [-0.15, -0.1) is 0 Å². The third kappa shape index (κ3) is 5.18. The SMILES string of the molecule is COCCOc1ccc(NC(=O)c2ccc(N3CCOCC3)cc2)cc1F. The molecule has 0 bridgehead atoms. The van der Waals surface area contributed by atoms with E-state index >= 15 is 0 Å². The van der Waals surface area contributed by atoms with Crippen molar-refractivity contribution in [1.29, 1.82) is 0 Å². The molecule has 0 radical (unpaired) electrons. The van der Waals surface area contributed by atoms with Crippen molar-refractivity contribution in [2.45, 2.75) is 0 Å². The highest BCUT2D eigenvalue weighted by Crippen LogP contribution is 2.22. The number of nitrogens with zero attached hydrogens (tertiary/aromatic N) is 1. The summed E-state index contributed by atoms with van der Waals surface area (Å²) in [6, 6.07) is 11.7. The summed E-state index contributed by atoms with van der Waals surface area (Å²) in [6.07, 6.45) is 0. The number of ether oxygens (including phenoxy) is 3. The molecular weight excluding hydrogens is 351 g/mol. The summed E-state index contributed by atoms with van der Waals surface area (Å²) in [5.41, 5.74) is 1.93. The molecule has 1 heterocycles. The van der Waals surface area contributed by atoms with Gasteiger partial charge in [-0.05, 0) is 36.4 Å². The lowest BCUT2D eigenvalue weighted by Gasteiger charge is -2.28. The van der Waals surface area contributed by atoms with E-state index in [2.05, 4.69) is 10.2 Å². The number of amides is 1. The van der Waals surface area contributed by atoms with Crippen molar-refractivity contribution < 1.29 is 23.4 Å². The van der Waals surface area contributed by atoms with E-state index < -0.39 is 5.82 Å². The Labute approximate surface area is 157 Å². The molecule has 0 atom stereocenters. The summed E-state index contributed by atoms with van der Waals surface area (Å²) in [5, 5.41) is 2.70. The Balaban J connectivity index is 1.60. The van der Waals surface area contributed by atoms with Crippen LogP contribution in [0.15, 0.2) is 42.5 Å². The maximum absolute atomic E-state index is 14.1. The number of rotatable bonds is 7. The Morgan fingerprint density at radius 2 is 1.89 bits per heavy atom. The highest BCUT2D eigenvalue weighted by Gasteiger charge is 2.13. The van der Waals surface area contributed by atoms with Crippen LogP contribution in [0.1, 0.15) is 10.4 Å². The van der Waals surface area contributed by atoms with E-state index in [4.69, 9.17) is 14.2 Å². The van der Waals surface area contributed by atoms with Gasteiger partial charge in [0, 0.05) is 43.2 Å². The molecule has 6 nitrogen and oxygen atoms in total. The van der Waals surface area contributed by atoms with Crippen LogP contribution in [0.3, 0.4) is 0 Å². The fourth-order valence-corrected chi connectivity index (χ4v) is 2.78. The second-order valence-corrected chi connectivity index (χ2v) is 6.09. The first-order valence-corrected chi connectivity index (χ1v) is 8.83. The zero-order valence-corrected chi connectivity index (χ0v) is 15.2. The van der Waals surface area contributed by atoms with Gasteiger partial charge in [0.25, 0.3) is 5.91 Å². The topological polar surface area (TPSA) is 60.0 Å². The van der Waals surface area contributed by atoms with Crippen molar-refractivity contribution >= 4 is 17.3 Å². The molecule has 3 rings (SSSR count). The predicted molar refractivity (Wildman–Crippen MR) is 101 cm³/mol. The third-order valence-corrected chi connectivity index (χ3v) is 4.24. The van der Waals surface area contributed by atoms with Crippen molar-refractivity contribution in [2.75, 3.05) is 56.8 Å². The Morgan fingerprint density at radius 1 is 1.15 bits per heavy atom. The van der Waals surface area contributed by atoms with Crippen LogP contribution in [0.25, 0.3) is 0 Å². The molecule has 144 valence electrons. The van der Waals surface area contributed by atoms with Gasteiger partial charge in [-0.1, -0.05) is 0 Å². The molecule has 1 aliphatic rings. The molecule has 2 aromatic rings. The lowest BCUT2D eigenvalue weighted by atomic mass is 10.1. The van der Waals surface area contributed by atoms with Crippen molar-refractivity contribution in [3.05, 3.63) is 53.8 Å². The minimum atomic E-state index is -0.536. The normalized spacial score (nSPS) is 14.1. The van der Waals surface area contributed by atoms with Gasteiger partial charge < -0.3 is 24.4 Å². The summed E-state index contributed by atoms with van der Waals surface area (Å²) in [5.74, 6) is -0.706. The quantitative estimate of drug-likeness (QED) is 0.755. The Bertz CT molecular complexity index is 761. The second-order valence-electron chi connectivity index (χ2n) is 6.09. The largest absolute Gasteiger partial charge is 0.488 e. The number of halogens is 1. The number of hydrogen-bond acceptors (Lipinski definition) is 5. The fraction of sp³-hybridized carbons (Fsp3) is 0.350. The Kier molecular flexibility index (Phi) is 6.62. The number of methoxy groups -OCH3 is 1. The molecule has 1 aliphatic heterocycles. The third-order valence-electron chi connectivity index (χ3n) is 4.24. The first kappa shape index (κ1) is 19.1. The summed E-state index contributed by atoms with van der Waals surface area (Å²) in [6.45, 7) is 3.72. The van der Waals surface area contributed by atoms with Crippen molar-refractivity contribution in [1.82, 2.24) is 0 Å². The van der Waals surface area contributed by atoms with Gasteiger partial charge in [-0.3, -0.25) is 4.79 Å². The van der Waals surface area contributed by atoms with Crippen LogP contribution < -0.4 is 15.0 Å². The van der Waals surface area contributed by atoms with E-state index in [9.17, 15) is 9.18 Å². The van der Waals surface area contributed by atoms with Gasteiger partial charge in [0.2, 0.25) is 0 Å². The Hall–Kier alpha value is -2.64. The number of hydrogen-bond donors (Lipinski definition) is 1. The zero-order chi connectivity index (χ0) is 19.1. The van der Waals surface area contributed by atoms with Crippen molar-refractivity contribution in [3.63, 3.8) is 0 Å². The van der Waals surface area contributed by atoms with Gasteiger partial charge in [0.05, 0.1) is 19.8 Å². The van der Waals surface area contributed by atoms with E-state index in [1.807, 2.05) is 12.1 Å². The maximum atomic E-state index is 14.1. The molecule has 0 unspecified atom stereocenters. The van der Waals surface area contributed by atoms with E-state index in [1.54, 1.807) is 25.3 Å². The van der Waals surface area contributed by atoms with E-state index in [0.29, 0.717) is 31.1 Å². The summed E-state index contributed by atoms with van der Waals surface area (Å²) >= 11 is 0. The van der Waals surface area contributed by atoms with Crippen LogP contribution in [0.2, 0.25) is 0 Å². The van der Waals surface area contributed by atoms with Crippen molar-refractivity contribution in [3.8, 4) is 5.75 Å². The molecule has 1 amide bonds. The van der Waals surface area contributed by atoms with Crippen LogP contribution in [0.4, 0.5) is 15.8 Å². The lowest BCUT2D eigenvalue weighted by Crippen LogP contribution is -2.36. The molecule has 7 heteroatoms. The fourth-order valence-electron chi connectivity index (χ4n) is 2.78. The minimum absolute atomic E-state index is 0.125. The number of carbonyl (C=O) groups excluding carboxylic acids is 1. The van der Waals surface area contributed by atoms with Gasteiger partial charge in [0.1, 0.15) is 6.61 Å². The first-order chi connectivity index (χ1) is 13.2. The first-order valence-electron chi connectivity index (χ1n) is 8.83. The second kappa shape index (κ2) is 9.34. The predicted octanol–water partition coefficient (Wildman–Crippen LogP) is 2.94. The summed E-state index contributed by atoms with van der Waals surface area (Å²) in [7, 11) is 1.55. The minimum Gasteiger partial charge on any atom is -0.488 e. The summed E-state index contributed by atoms with van der Waals surface area (Å²) < 4.78 is 29.5. The van der Waals surface area contributed by atoms with Gasteiger partial charge in [0.15, 0.2) is 11.6 Å². The monoisotopic (exact) mass is 374 g/mol. The molecule has 1 N–H and O–H groups in total. The number of nitrogens with one attached hydrogen (secondary N) is 1. The van der Waals surface area contributed by atoms with Gasteiger partial charge in [-0.2, -0.15) is 0 Å². The molecule has 0 saturated carbocycles. The molecule has 0 spiro atoms. The highest BCUT2D eigenvalue weighted by molar-refractivity contribution is 6.04. The van der Waals surface area contributed by atoms with Crippen LogP contribution in [-0.2, 0) is 9.47 Å². The van der Waals surface area contributed by atoms with Crippen LogP contribution in [0, 0.1) is 5.82 Å². The lowest BCUT2D eigenvalue weighted by molar-refractivity contribution is 0.102. The zero-order valence-electron chi connectivity index (χ0n) is 15.2. The molecule has 1 saturated heterocycles. The average molecular weight is 374 g/mol. The van der Waals surface area contributed by atoms with Gasteiger partial charge >= 0.3 is 0 Å². The highest BCUT2D eigenvalue weighted by atomic mass is 19.1. The van der Waals surface area contributed by atoms with Gasteiger partial charge in [-0.25, -0.2) is 4.39 Å². The standard InChI is InChI=1S/C20H23FN2O4/c1-25-12-13-27-19-7-4-16(14-18(19)21)22-20(24)15-2-5-17(6-3-15)23-8-10-26-11-9-23/h2-7,14H,8-13H2,1H3,(H,22,24). The maximum Gasteiger partial charge on any atom is 0.255 e. The van der Waals surface area contributed by atoms with Crippen LogP contribution >= 0.6 is 0 Å². The molecule has 2 aromatic carbocycles. The van der Waals surface area contributed by atoms with Crippen LogP contribution in [-0.4, -0.2) is 52.5 Å². The van der Waals surface area contributed by atoms with Crippen molar-refractivity contribution in [2.24, 2.45) is 0 Å². The Morgan fingerprint density at radius 3 is 2.56 bits per heavy atom. The van der Waals surface area contributed by atoms with E-state index in [-0.39, 0.29) is 18.3 Å². The van der Waals surface area contributed by atoms with E-state index in [0.717, 1.165) is 18.8 Å². The number of morpholine rings is 1.